The molecule has 0 saturated carbocycles. The Morgan fingerprint density at radius 2 is 1.76 bits per heavy atom. The first-order valence-corrected chi connectivity index (χ1v) is 7.86. The number of ether oxygens (including phenoxy) is 1. The molecule has 0 saturated heterocycles. The number of benzene rings is 2. The van der Waals surface area contributed by atoms with E-state index < -0.39 is 23.3 Å². The van der Waals surface area contributed by atoms with Crippen molar-refractivity contribution in [2.24, 2.45) is 0 Å². The lowest BCUT2D eigenvalue weighted by Gasteiger charge is -2.16. The summed E-state index contributed by atoms with van der Waals surface area (Å²) in [6.45, 7) is 0. The van der Waals surface area contributed by atoms with Gasteiger partial charge in [0.15, 0.2) is 0 Å². The minimum atomic E-state index is -2.34. The van der Waals surface area contributed by atoms with Gasteiger partial charge in [-0.25, -0.2) is 9.00 Å². The molecule has 0 heterocycles. The highest BCUT2D eigenvalue weighted by molar-refractivity contribution is 9.10. The van der Waals surface area contributed by atoms with Crippen LogP contribution in [0.5, 0.6) is 5.75 Å². The van der Waals surface area contributed by atoms with Crippen molar-refractivity contribution in [2.75, 3.05) is 0 Å². The van der Waals surface area contributed by atoms with Crippen LogP contribution < -0.4 is 9.46 Å². The molecule has 0 aliphatic carbocycles. The summed E-state index contributed by atoms with van der Waals surface area (Å²) in [5, 5.41) is 0. The summed E-state index contributed by atoms with van der Waals surface area (Å²) in [4.78, 5) is 12.2. The van der Waals surface area contributed by atoms with Crippen LogP contribution in [-0.2, 0) is 16.1 Å². The van der Waals surface area contributed by atoms with Crippen molar-refractivity contribution in [3.63, 3.8) is 0 Å². The van der Waals surface area contributed by atoms with E-state index in [1.165, 1.54) is 0 Å². The normalized spacial score (nSPS) is 13.4. The average Bonchev–Trinajstić information content (AvgIpc) is 2.48. The first-order valence-electron chi connectivity index (χ1n) is 5.96. The van der Waals surface area contributed by atoms with Crippen LogP contribution in [0.4, 0.5) is 0 Å². The Hall–Kier alpha value is -1.54. The summed E-state index contributed by atoms with van der Waals surface area (Å²) in [7, 11) is 0. The number of hydrogen-bond donors (Lipinski definition) is 2. The molecule has 0 radical (unpaired) electrons. The second kappa shape index (κ2) is 7.46. The van der Waals surface area contributed by atoms with E-state index in [1.807, 2.05) is 0 Å². The third-order valence-corrected chi connectivity index (χ3v) is 3.73. The van der Waals surface area contributed by atoms with Gasteiger partial charge >= 0.3 is 5.97 Å². The zero-order chi connectivity index (χ0) is 15.2. The molecule has 7 heteroatoms. The van der Waals surface area contributed by atoms with Crippen molar-refractivity contribution in [3.8, 4) is 5.75 Å². The van der Waals surface area contributed by atoms with Crippen molar-refractivity contribution < 1.29 is 18.3 Å². The maximum absolute atomic E-state index is 12.2. The lowest BCUT2D eigenvalue weighted by atomic mass is 10.1. The standard InChI is InChI=1S/C14H12BrNO4S/c15-11-8-4-5-9-12(11)20-14(17)13(16-21(18)19)10-6-2-1-3-7-10/h1-9,13,16H,(H,18,19). The number of halogens is 1. The smallest absolute Gasteiger partial charge is 0.334 e. The van der Waals surface area contributed by atoms with Crippen LogP contribution in [0, 0.1) is 0 Å². The van der Waals surface area contributed by atoms with E-state index in [2.05, 4.69) is 20.7 Å². The molecule has 110 valence electrons. The van der Waals surface area contributed by atoms with E-state index in [9.17, 15) is 9.00 Å². The Morgan fingerprint density at radius 1 is 1.14 bits per heavy atom. The highest BCUT2D eigenvalue weighted by Gasteiger charge is 2.24. The number of carbonyl (C=O) groups is 1. The zero-order valence-electron chi connectivity index (χ0n) is 10.7. The lowest BCUT2D eigenvalue weighted by molar-refractivity contribution is -0.136. The monoisotopic (exact) mass is 369 g/mol. The third-order valence-electron chi connectivity index (χ3n) is 2.63. The Kier molecular flexibility index (Phi) is 5.63. The van der Waals surface area contributed by atoms with E-state index in [1.54, 1.807) is 54.6 Å². The molecule has 21 heavy (non-hydrogen) atoms. The van der Waals surface area contributed by atoms with Gasteiger partial charge in [0.1, 0.15) is 11.8 Å². The summed E-state index contributed by atoms with van der Waals surface area (Å²) in [6, 6.07) is 14.4. The van der Waals surface area contributed by atoms with Crippen molar-refractivity contribution in [2.45, 2.75) is 6.04 Å². The highest BCUT2D eigenvalue weighted by Crippen LogP contribution is 2.26. The number of carbonyl (C=O) groups excluding carboxylic acids is 1. The topological polar surface area (TPSA) is 75.6 Å². The summed E-state index contributed by atoms with van der Waals surface area (Å²) in [6.07, 6.45) is 0. The minimum Gasteiger partial charge on any atom is -0.424 e. The van der Waals surface area contributed by atoms with Crippen molar-refractivity contribution in [3.05, 3.63) is 64.6 Å². The van der Waals surface area contributed by atoms with Gasteiger partial charge in [-0.2, -0.15) is 4.72 Å². The van der Waals surface area contributed by atoms with Crippen LogP contribution in [0.15, 0.2) is 59.1 Å². The number of hydrogen-bond acceptors (Lipinski definition) is 3. The van der Waals surface area contributed by atoms with Crippen LogP contribution in [0.2, 0.25) is 0 Å². The fraction of sp³-hybridized carbons (Fsp3) is 0.0714. The summed E-state index contributed by atoms with van der Waals surface area (Å²) in [5.74, 6) is -0.329. The van der Waals surface area contributed by atoms with Gasteiger partial charge in [-0.05, 0) is 33.6 Å². The van der Waals surface area contributed by atoms with Gasteiger partial charge in [-0.1, -0.05) is 42.5 Å². The molecule has 0 fully saturated rings. The van der Waals surface area contributed by atoms with Gasteiger partial charge in [-0.3, -0.25) is 4.55 Å². The van der Waals surface area contributed by atoms with E-state index >= 15 is 0 Å². The molecule has 2 aromatic carbocycles. The molecule has 5 nitrogen and oxygen atoms in total. The van der Waals surface area contributed by atoms with Crippen molar-refractivity contribution in [1.29, 1.82) is 0 Å². The van der Waals surface area contributed by atoms with Crippen molar-refractivity contribution >= 4 is 33.2 Å². The molecule has 2 atom stereocenters. The second-order valence-electron chi connectivity index (χ2n) is 4.06. The number of esters is 1. The Balaban J connectivity index is 2.23. The maximum Gasteiger partial charge on any atom is 0.334 e. The summed E-state index contributed by atoms with van der Waals surface area (Å²) < 4.78 is 28.2. The van der Waals surface area contributed by atoms with Crippen LogP contribution in [0.1, 0.15) is 11.6 Å². The molecule has 0 bridgehead atoms. The fourth-order valence-corrected chi connectivity index (χ4v) is 2.49. The fourth-order valence-electron chi connectivity index (χ4n) is 1.69. The van der Waals surface area contributed by atoms with Crippen LogP contribution in [-0.4, -0.2) is 14.7 Å². The largest absolute Gasteiger partial charge is 0.424 e. The first-order chi connectivity index (χ1) is 10.1. The van der Waals surface area contributed by atoms with Gasteiger partial charge < -0.3 is 4.74 Å². The Bertz CT molecular complexity index is 650. The molecule has 0 aliphatic heterocycles. The highest BCUT2D eigenvalue weighted by atomic mass is 79.9. The maximum atomic E-state index is 12.2. The molecule has 0 aliphatic rings. The van der Waals surface area contributed by atoms with E-state index in [4.69, 9.17) is 9.29 Å². The van der Waals surface area contributed by atoms with Gasteiger partial charge in [-0.15, -0.1) is 0 Å². The van der Waals surface area contributed by atoms with Crippen LogP contribution >= 0.6 is 15.9 Å². The second-order valence-corrected chi connectivity index (χ2v) is 5.65. The number of nitrogens with one attached hydrogen (secondary N) is 1. The Labute approximate surface area is 132 Å². The quantitative estimate of drug-likeness (QED) is 0.482. The van der Waals surface area contributed by atoms with Gasteiger partial charge in [0, 0.05) is 0 Å². The molecule has 2 aromatic rings. The predicted octanol–water partition coefficient (Wildman–Crippen LogP) is 2.82. The lowest BCUT2D eigenvalue weighted by Crippen LogP contribution is -2.32. The van der Waals surface area contributed by atoms with Crippen LogP contribution in [0.3, 0.4) is 0 Å². The molecular formula is C14H12BrNO4S. The molecule has 0 spiro atoms. The van der Waals surface area contributed by atoms with E-state index in [0.29, 0.717) is 15.8 Å². The van der Waals surface area contributed by atoms with E-state index in [0.717, 1.165) is 0 Å². The van der Waals surface area contributed by atoms with Gasteiger partial charge in [0.25, 0.3) is 0 Å². The number of para-hydroxylation sites is 1. The number of rotatable bonds is 5. The molecule has 2 N–H and O–H groups in total. The molecule has 0 amide bonds. The van der Waals surface area contributed by atoms with Crippen LogP contribution in [0.25, 0.3) is 0 Å². The van der Waals surface area contributed by atoms with Gasteiger partial charge in [0.05, 0.1) is 4.47 Å². The van der Waals surface area contributed by atoms with E-state index in [-0.39, 0.29) is 0 Å². The average molecular weight is 370 g/mol. The predicted molar refractivity (Wildman–Crippen MR) is 82.9 cm³/mol. The SMILES string of the molecule is O=C(Oc1ccccc1Br)C(NS(=O)O)c1ccccc1. The summed E-state index contributed by atoms with van der Waals surface area (Å²) in [5.41, 5.74) is 0.539. The summed E-state index contributed by atoms with van der Waals surface area (Å²) >= 11 is 0.931. The zero-order valence-corrected chi connectivity index (χ0v) is 13.1. The molecule has 2 unspecified atom stereocenters. The van der Waals surface area contributed by atoms with Crippen molar-refractivity contribution in [1.82, 2.24) is 4.72 Å². The Morgan fingerprint density at radius 3 is 2.38 bits per heavy atom. The third kappa shape index (κ3) is 4.47. The molecular weight excluding hydrogens is 358 g/mol. The molecule has 2 rings (SSSR count). The minimum absolute atomic E-state index is 0.342. The first kappa shape index (κ1) is 15.8. The van der Waals surface area contributed by atoms with Gasteiger partial charge in [0.2, 0.25) is 11.3 Å². The molecule has 0 aromatic heterocycles.